The molecule has 2 aliphatic rings. The van der Waals surface area contributed by atoms with Crippen LogP contribution in [0.4, 0.5) is 0 Å². The van der Waals surface area contributed by atoms with Crippen molar-refractivity contribution in [3.8, 4) is 0 Å². The quantitative estimate of drug-likeness (QED) is 0.391. The van der Waals surface area contributed by atoms with Crippen LogP contribution >= 0.6 is 24.0 Å². The summed E-state index contributed by atoms with van der Waals surface area (Å²) in [4.78, 5) is 4.22. The van der Waals surface area contributed by atoms with Crippen LogP contribution in [-0.4, -0.2) is 42.9 Å². The number of hydrogen-bond acceptors (Lipinski definition) is 4. The maximum atomic E-state index is 10.4. The topological polar surface area (TPSA) is 79.0 Å². The minimum atomic E-state index is -1.08. The minimum absolute atomic E-state index is 0. The summed E-state index contributed by atoms with van der Waals surface area (Å²) in [6, 6.07) is 3.84. The van der Waals surface area contributed by atoms with Gasteiger partial charge in [-0.2, -0.15) is 0 Å². The van der Waals surface area contributed by atoms with Gasteiger partial charge in [-0.3, -0.25) is 4.99 Å². The summed E-state index contributed by atoms with van der Waals surface area (Å²) >= 11 is 0. The van der Waals surface area contributed by atoms with Gasteiger partial charge in [0, 0.05) is 7.05 Å². The molecule has 2 fully saturated rings. The van der Waals surface area contributed by atoms with Crippen LogP contribution in [0.1, 0.15) is 31.9 Å². The second kappa shape index (κ2) is 7.18. The maximum Gasteiger partial charge on any atom is 0.191 e. The van der Waals surface area contributed by atoms with Gasteiger partial charge >= 0.3 is 0 Å². The normalized spacial score (nSPS) is 29.8. The third-order valence-corrected chi connectivity index (χ3v) is 4.30. The molecule has 0 saturated carbocycles. The van der Waals surface area contributed by atoms with Crippen LogP contribution in [0.5, 0.6) is 0 Å². The minimum Gasteiger partial charge on any atom is -0.466 e. The molecule has 0 amide bonds. The average molecular weight is 421 g/mol. The Hall–Kier alpha value is -0.800. The van der Waals surface area contributed by atoms with Crippen molar-refractivity contribution in [1.29, 1.82) is 0 Å². The lowest BCUT2D eigenvalue weighted by Crippen LogP contribution is -2.50. The first-order valence-electron chi connectivity index (χ1n) is 7.47. The number of rotatable bonds is 4. The smallest absolute Gasteiger partial charge is 0.191 e. The van der Waals surface area contributed by atoms with Crippen molar-refractivity contribution in [2.24, 2.45) is 4.99 Å². The number of aliphatic hydroxyl groups is 1. The van der Waals surface area contributed by atoms with Crippen LogP contribution < -0.4 is 10.6 Å². The van der Waals surface area contributed by atoms with Crippen molar-refractivity contribution in [3.63, 3.8) is 0 Å². The molecule has 4 unspecified atom stereocenters. The second-order valence-electron chi connectivity index (χ2n) is 6.04. The molecule has 3 N–H and O–H groups in total. The number of furan rings is 1. The zero-order valence-electron chi connectivity index (χ0n) is 12.9. The van der Waals surface area contributed by atoms with E-state index in [2.05, 4.69) is 15.6 Å². The number of ether oxygens (including phenoxy) is 1. The van der Waals surface area contributed by atoms with Gasteiger partial charge in [0.1, 0.15) is 11.4 Å². The predicted molar refractivity (Wildman–Crippen MR) is 94.5 cm³/mol. The number of hydrogen-bond donors (Lipinski definition) is 3. The van der Waals surface area contributed by atoms with E-state index in [1.807, 2.05) is 0 Å². The molecule has 4 atom stereocenters. The molecule has 6 nitrogen and oxygen atoms in total. The van der Waals surface area contributed by atoms with E-state index in [0.29, 0.717) is 36.5 Å². The highest BCUT2D eigenvalue weighted by Gasteiger charge is 2.41. The van der Waals surface area contributed by atoms with Crippen LogP contribution in [0.25, 0.3) is 0 Å². The summed E-state index contributed by atoms with van der Waals surface area (Å²) in [5, 5.41) is 17.0. The van der Waals surface area contributed by atoms with Gasteiger partial charge in [-0.1, -0.05) is 0 Å². The van der Waals surface area contributed by atoms with Crippen molar-refractivity contribution < 1.29 is 14.3 Å². The van der Waals surface area contributed by atoms with E-state index in [1.165, 1.54) is 6.42 Å². The lowest BCUT2D eigenvalue weighted by Gasteiger charge is -2.26. The molecule has 0 spiro atoms. The predicted octanol–water partition coefficient (Wildman–Crippen LogP) is 1.59. The summed E-state index contributed by atoms with van der Waals surface area (Å²) in [6.07, 6.45) is 5.56. The van der Waals surface area contributed by atoms with Crippen molar-refractivity contribution in [3.05, 3.63) is 24.2 Å². The number of nitrogens with zero attached hydrogens (tertiary/aromatic N) is 1. The molecule has 2 saturated heterocycles. The van der Waals surface area contributed by atoms with Crippen molar-refractivity contribution in [2.75, 3.05) is 13.6 Å². The molecular weight excluding hydrogens is 397 g/mol. The SMILES string of the molecule is CN=C(NCC(C)(O)c1ccco1)NC1CC2CCC1O2.I. The lowest BCUT2D eigenvalue weighted by atomic mass is 9.96. The van der Waals surface area contributed by atoms with E-state index in [0.717, 1.165) is 12.8 Å². The molecule has 22 heavy (non-hydrogen) atoms. The summed E-state index contributed by atoms with van der Waals surface area (Å²) in [5.41, 5.74) is -1.08. The molecule has 0 aliphatic carbocycles. The highest BCUT2D eigenvalue weighted by molar-refractivity contribution is 14.0. The molecule has 124 valence electrons. The van der Waals surface area contributed by atoms with Gasteiger partial charge in [-0.15, -0.1) is 24.0 Å². The summed E-state index contributed by atoms with van der Waals surface area (Å²) < 4.78 is 11.1. The van der Waals surface area contributed by atoms with Gasteiger partial charge < -0.3 is 24.9 Å². The standard InChI is InChI=1S/C15H23N3O3.HI/c1-15(19,13-4-3-7-20-13)9-17-14(16-2)18-11-8-10-5-6-12(11)21-10;/h3-4,7,10-12,19H,5-6,8-9H2,1-2H3,(H2,16,17,18);1H. The Balaban J connectivity index is 0.00000176. The molecule has 1 aromatic rings. The van der Waals surface area contributed by atoms with Gasteiger partial charge in [-0.25, -0.2) is 0 Å². The lowest BCUT2D eigenvalue weighted by molar-refractivity contribution is 0.0385. The summed E-state index contributed by atoms with van der Waals surface area (Å²) in [5.74, 6) is 1.22. The Morgan fingerprint density at radius 2 is 2.32 bits per heavy atom. The van der Waals surface area contributed by atoms with Crippen LogP contribution in [0.3, 0.4) is 0 Å². The van der Waals surface area contributed by atoms with Crippen molar-refractivity contribution in [1.82, 2.24) is 10.6 Å². The number of nitrogens with one attached hydrogen (secondary N) is 2. The monoisotopic (exact) mass is 421 g/mol. The molecule has 2 aliphatic heterocycles. The van der Waals surface area contributed by atoms with E-state index in [1.54, 1.807) is 32.4 Å². The fraction of sp³-hybridized carbons (Fsp3) is 0.667. The second-order valence-corrected chi connectivity index (χ2v) is 6.04. The van der Waals surface area contributed by atoms with E-state index >= 15 is 0 Å². The van der Waals surface area contributed by atoms with Crippen molar-refractivity contribution in [2.45, 2.75) is 50.0 Å². The van der Waals surface area contributed by atoms with Gasteiger partial charge in [-0.05, 0) is 38.3 Å². The molecular formula is C15H24IN3O3. The molecule has 1 aromatic heterocycles. The number of halogens is 1. The summed E-state index contributed by atoms with van der Waals surface area (Å²) in [6.45, 7) is 2.04. The average Bonchev–Trinajstić information content (AvgIpc) is 3.18. The van der Waals surface area contributed by atoms with E-state index < -0.39 is 5.60 Å². The van der Waals surface area contributed by atoms with E-state index in [-0.39, 0.29) is 24.0 Å². The van der Waals surface area contributed by atoms with Gasteiger partial charge in [0.15, 0.2) is 5.96 Å². The fourth-order valence-electron chi connectivity index (χ4n) is 3.09. The highest BCUT2D eigenvalue weighted by atomic mass is 127. The fourth-order valence-corrected chi connectivity index (χ4v) is 3.09. The van der Waals surface area contributed by atoms with Gasteiger partial charge in [0.2, 0.25) is 0 Å². The van der Waals surface area contributed by atoms with Crippen molar-refractivity contribution >= 4 is 29.9 Å². The zero-order chi connectivity index (χ0) is 14.9. The largest absolute Gasteiger partial charge is 0.466 e. The molecule has 3 heterocycles. The van der Waals surface area contributed by atoms with E-state index in [9.17, 15) is 5.11 Å². The third kappa shape index (κ3) is 3.75. The van der Waals surface area contributed by atoms with Gasteiger partial charge in [0.05, 0.1) is 31.1 Å². The molecule has 0 radical (unpaired) electrons. The van der Waals surface area contributed by atoms with E-state index in [4.69, 9.17) is 9.15 Å². The first kappa shape index (κ1) is 17.6. The third-order valence-electron chi connectivity index (χ3n) is 4.30. The zero-order valence-corrected chi connectivity index (χ0v) is 15.2. The Kier molecular flexibility index (Phi) is 5.73. The summed E-state index contributed by atoms with van der Waals surface area (Å²) in [7, 11) is 1.73. The van der Waals surface area contributed by atoms with Crippen LogP contribution in [0.2, 0.25) is 0 Å². The Labute approximate surface area is 147 Å². The van der Waals surface area contributed by atoms with Crippen LogP contribution in [0.15, 0.2) is 27.8 Å². The number of fused-ring (bicyclic) bond motifs is 2. The first-order chi connectivity index (χ1) is 10.1. The Bertz CT molecular complexity index is 504. The molecule has 2 bridgehead atoms. The first-order valence-corrected chi connectivity index (χ1v) is 7.47. The molecule has 7 heteroatoms. The number of aliphatic imine (C=N–C) groups is 1. The van der Waals surface area contributed by atoms with Crippen LogP contribution in [0, 0.1) is 0 Å². The maximum absolute atomic E-state index is 10.4. The highest BCUT2D eigenvalue weighted by Crippen LogP contribution is 2.34. The Morgan fingerprint density at radius 3 is 2.86 bits per heavy atom. The molecule has 0 aromatic carbocycles. The van der Waals surface area contributed by atoms with Gasteiger partial charge in [0.25, 0.3) is 0 Å². The Morgan fingerprint density at radius 1 is 1.50 bits per heavy atom. The molecule has 3 rings (SSSR count). The number of guanidine groups is 1. The van der Waals surface area contributed by atoms with Crippen LogP contribution in [-0.2, 0) is 10.3 Å².